The highest BCUT2D eigenvalue weighted by atomic mass is 32.2. The average molecular weight is 458 g/mol. The minimum absolute atomic E-state index is 0.104. The van der Waals surface area contributed by atoms with Crippen molar-refractivity contribution in [2.75, 3.05) is 45.2 Å². The Morgan fingerprint density at radius 3 is 2.23 bits per heavy atom. The van der Waals surface area contributed by atoms with Crippen molar-refractivity contribution in [1.82, 2.24) is 19.4 Å². The lowest BCUT2D eigenvalue weighted by atomic mass is 10.2. The van der Waals surface area contributed by atoms with Gasteiger partial charge in [-0.25, -0.2) is 12.7 Å². The number of hydrogen-bond acceptors (Lipinski definition) is 7. The lowest BCUT2D eigenvalue weighted by Gasteiger charge is -2.35. The fraction of sp³-hybridized carbons (Fsp3) is 0.286. The number of piperazine rings is 1. The van der Waals surface area contributed by atoms with Gasteiger partial charge in [-0.3, -0.25) is 4.79 Å². The predicted octanol–water partition coefficient (Wildman–Crippen LogP) is 2.42. The van der Waals surface area contributed by atoms with Gasteiger partial charge in [0.15, 0.2) is 5.82 Å². The van der Waals surface area contributed by atoms with E-state index in [9.17, 15) is 13.2 Å². The number of thiophene rings is 1. The summed E-state index contributed by atoms with van der Waals surface area (Å²) in [7, 11) is -0.550. The Balaban J connectivity index is 1.38. The SMILES string of the molecule is CN(C)S(=O)(=O)c1ccc(C(=O)N2CCN(c3ccc(-c4cccs4)nn3)CC2)cc1. The van der Waals surface area contributed by atoms with Crippen LogP contribution in [0, 0.1) is 0 Å². The number of nitrogens with zero attached hydrogens (tertiary/aromatic N) is 5. The van der Waals surface area contributed by atoms with Crippen LogP contribution in [-0.4, -0.2) is 74.0 Å². The highest BCUT2D eigenvalue weighted by Gasteiger charge is 2.24. The van der Waals surface area contributed by atoms with Gasteiger partial charge in [-0.05, 0) is 47.8 Å². The van der Waals surface area contributed by atoms with Crippen molar-refractivity contribution < 1.29 is 13.2 Å². The van der Waals surface area contributed by atoms with Gasteiger partial charge >= 0.3 is 0 Å². The van der Waals surface area contributed by atoms with E-state index in [1.165, 1.54) is 26.2 Å². The zero-order chi connectivity index (χ0) is 22.0. The van der Waals surface area contributed by atoms with Crippen LogP contribution in [0.15, 0.2) is 58.8 Å². The second-order valence-electron chi connectivity index (χ2n) is 7.35. The molecule has 2 aromatic heterocycles. The second kappa shape index (κ2) is 8.74. The van der Waals surface area contributed by atoms with Crippen molar-refractivity contribution in [1.29, 1.82) is 0 Å². The van der Waals surface area contributed by atoms with Crippen LogP contribution in [0.2, 0.25) is 0 Å². The van der Waals surface area contributed by atoms with Crippen molar-refractivity contribution in [3.05, 3.63) is 59.5 Å². The summed E-state index contributed by atoms with van der Waals surface area (Å²) in [6.07, 6.45) is 0. The maximum Gasteiger partial charge on any atom is 0.253 e. The Morgan fingerprint density at radius 1 is 0.968 bits per heavy atom. The Kier molecular flexibility index (Phi) is 6.03. The number of amides is 1. The van der Waals surface area contributed by atoms with Gasteiger partial charge in [-0.2, -0.15) is 0 Å². The first kappa shape index (κ1) is 21.4. The molecule has 8 nitrogen and oxygen atoms in total. The number of hydrogen-bond donors (Lipinski definition) is 0. The molecule has 1 fully saturated rings. The van der Waals surface area contributed by atoms with E-state index in [0.29, 0.717) is 31.7 Å². The smallest absolute Gasteiger partial charge is 0.253 e. The van der Waals surface area contributed by atoms with E-state index in [4.69, 9.17) is 0 Å². The fourth-order valence-corrected chi connectivity index (χ4v) is 4.94. The molecule has 0 aliphatic carbocycles. The molecule has 31 heavy (non-hydrogen) atoms. The number of anilines is 1. The molecule has 10 heteroatoms. The van der Waals surface area contributed by atoms with Gasteiger partial charge in [0, 0.05) is 45.8 Å². The molecule has 1 aliphatic heterocycles. The van der Waals surface area contributed by atoms with Crippen LogP contribution in [0.1, 0.15) is 10.4 Å². The topological polar surface area (TPSA) is 86.7 Å². The molecular formula is C21H23N5O3S2. The number of sulfonamides is 1. The standard InChI is InChI=1S/C21H23N5O3S2/c1-24(2)31(28,29)17-7-5-16(6-8-17)21(27)26-13-11-25(12-14-26)20-10-9-18(22-23-20)19-4-3-15-30-19/h3-10,15H,11-14H2,1-2H3. The van der Waals surface area contributed by atoms with E-state index in [0.717, 1.165) is 20.7 Å². The lowest BCUT2D eigenvalue weighted by Crippen LogP contribution is -2.49. The van der Waals surface area contributed by atoms with Crippen LogP contribution >= 0.6 is 11.3 Å². The van der Waals surface area contributed by atoms with E-state index in [1.807, 2.05) is 29.6 Å². The third kappa shape index (κ3) is 4.46. The minimum Gasteiger partial charge on any atom is -0.352 e. The Hall–Kier alpha value is -2.82. The molecule has 1 amide bonds. The van der Waals surface area contributed by atoms with Crippen molar-refractivity contribution in [3.8, 4) is 10.6 Å². The van der Waals surface area contributed by atoms with Crippen LogP contribution in [-0.2, 0) is 10.0 Å². The molecule has 0 bridgehead atoms. The normalized spacial score (nSPS) is 14.8. The maximum absolute atomic E-state index is 12.8. The van der Waals surface area contributed by atoms with Crippen LogP contribution in [0.25, 0.3) is 10.6 Å². The molecular weight excluding hydrogens is 434 g/mol. The predicted molar refractivity (Wildman–Crippen MR) is 121 cm³/mol. The Morgan fingerprint density at radius 2 is 1.68 bits per heavy atom. The van der Waals surface area contributed by atoms with E-state index < -0.39 is 10.0 Å². The van der Waals surface area contributed by atoms with Crippen molar-refractivity contribution >= 4 is 33.1 Å². The molecule has 4 rings (SSSR count). The molecule has 3 aromatic rings. The molecule has 1 saturated heterocycles. The van der Waals surface area contributed by atoms with Gasteiger partial charge in [-0.1, -0.05) is 6.07 Å². The monoisotopic (exact) mass is 457 g/mol. The number of carbonyl (C=O) groups is 1. The maximum atomic E-state index is 12.8. The van der Waals surface area contributed by atoms with Crippen LogP contribution < -0.4 is 4.90 Å². The number of rotatable bonds is 5. The van der Waals surface area contributed by atoms with E-state index in [1.54, 1.807) is 28.4 Å². The summed E-state index contributed by atoms with van der Waals surface area (Å²) in [5, 5.41) is 10.7. The highest BCUT2D eigenvalue weighted by Crippen LogP contribution is 2.24. The largest absolute Gasteiger partial charge is 0.352 e. The summed E-state index contributed by atoms with van der Waals surface area (Å²) in [5.41, 5.74) is 1.33. The van der Waals surface area contributed by atoms with E-state index >= 15 is 0 Å². The third-order valence-electron chi connectivity index (χ3n) is 5.19. The molecule has 0 unspecified atom stereocenters. The van der Waals surface area contributed by atoms with Gasteiger partial charge in [-0.15, -0.1) is 21.5 Å². The van der Waals surface area contributed by atoms with Gasteiger partial charge in [0.2, 0.25) is 10.0 Å². The molecule has 1 aromatic carbocycles. The summed E-state index contributed by atoms with van der Waals surface area (Å²) >= 11 is 1.63. The molecule has 3 heterocycles. The summed E-state index contributed by atoms with van der Waals surface area (Å²) in [4.78, 5) is 18.0. The molecule has 0 N–H and O–H groups in total. The summed E-state index contributed by atoms with van der Waals surface area (Å²) in [6.45, 7) is 2.44. The van der Waals surface area contributed by atoms with Gasteiger partial charge in [0.05, 0.1) is 9.77 Å². The van der Waals surface area contributed by atoms with E-state index in [-0.39, 0.29) is 10.8 Å². The summed E-state index contributed by atoms with van der Waals surface area (Å²) < 4.78 is 25.5. The molecule has 1 aliphatic rings. The molecule has 0 saturated carbocycles. The Bertz CT molecular complexity index is 1140. The summed E-state index contributed by atoms with van der Waals surface area (Å²) in [5.74, 6) is 0.693. The molecule has 0 atom stereocenters. The van der Waals surface area contributed by atoms with Crippen LogP contribution in [0.3, 0.4) is 0 Å². The van der Waals surface area contributed by atoms with Gasteiger partial charge in [0.1, 0.15) is 5.69 Å². The van der Waals surface area contributed by atoms with Crippen LogP contribution in [0.4, 0.5) is 5.82 Å². The zero-order valence-electron chi connectivity index (χ0n) is 17.3. The summed E-state index contributed by atoms with van der Waals surface area (Å²) in [6, 6.07) is 14.0. The first-order valence-corrected chi connectivity index (χ1v) is 12.1. The fourth-order valence-electron chi connectivity index (χ4n) is 3.35. The quantitative estimate of drug-likeness (QED) is 0.585. The first-order chi connectivity index (χ1) is 14.9. The number of benzene rings is 1. The molecule has 0 spiro atoms. The highest BCUT2D eigenvalue weighted by molar-refractivity contribution is 7.89. The van der Waals surface area contributed by atoms with Crippen LogP contribution in [0.5, 0.6) is 0 Å². The number of carbonyl (C=O) groups excluding carboxylic acids is 1. The van der Waals surface area contributed by atoms with Crippen molar-refractivity contribution in [3.63, 3.8) is 0 Å². The van der Waals surface area contributed by atoms with Crippen molar-refractivity contribution in [2.24, 2.45) is 0 Å². The third-order valence-corrected chi connectivity index (χ3v) is 7.92. The second-order valence-corrected chi connectivity index (χ2v) is 10.4. The van der Waals surface area contributed by atoms with Gasteiger partial charge in [0.25, 0.3) is 5.91 Å². The van der Waals surface area contributed by atoms with Gasteiger partial charge < -0.3 is 9.80 Å². The molecule has 162 valence electrons. The van der Waals surface area contributed by atoms with E-state index in [2.05, 4.69) is 15.1 Å². The molecule has 0 radical (unpaired) electrons. The Labute approximate surface area is 185 Å². The zero-order valence-corrected chi connectivity index (χ0v) is 18.9. The lowest BCUT2D eigenvalue weighted by molar-refractivity contribution is 0.0746. The minimum atomic E-state index is -3.51. The van der Waals surface area contributed by atoms with Crippen molar-refractivity contribution in [2.45, 2.75) is 4.90 Å². The first-order valence-electron chi connectivity index (χ1n) is 9.81. The average Bonchev–Trinajstić information content (AvgIpc) is 3.34. The number of aromatic nitrogens is 2.